The molecule has 0 spiro atoms. The van der Waals surface area contributed by atoms with Crippen LogP contribution in [0, 0.1) is 17.0 Å². The Hall–Kier alpha value is -2.41. The van der Waals surface area contributed by atoms with E-state index in [1.54, 1.807) is 19.2 Å². The van der Waals surface area contributed by atoms with E-state index in [4.69, 9.17) is 11.6 Å². The number of H-pyrrole nitrogens is 1. The highest BCUT2D eigenvalue weighted by Gasteiger charge is 2.30. The molecular formula is C15H17ClN4O3. The van der Waals surface area contributed by atoms with Crippen LogP contribution in [-0.4, -0.2) is 39.0 Å². The number of hydrogen-bond acceptors (Lipinski definition) is 4. The number of halogens is 1. The lowest BCUT2D eigenvalue weighted by Gasteiger charge is -2.24. The first-order valence-corrected chi connectivity index (χ1v) is 7.40. The van der Waals surface area contributed by atoms with Gasteiger partial charge >= 0.3 is 5.69 Å². The number of aromatic nitrogens is 2. The molecule has 1 N–H and O–H groups in total. The molecule has 7 nitrogen and oxygen atoms in total. The molecule has 0 unspecified atom stereocenters. The number of aryl methyl sites for hydroxylation is 1. The Morgan fingerprint density at radius 3 is 2.61 bits per heavy atom. The summed E-state index contributed by atoms with van der Waals surface area (Å²) in [7, 11) is 1.61. The third-order valence-corrected chi connectivity index (χ3v) is 3.98. The van der Waals surface area contributed by atoms with Crippen LogP contribution in [0.1, 0.15) is 28.7 Å². The first-order valence-electron chi connectivity index (χ1n) is 7.02. The standard InChI is InChI=1S/C15H17ClN4O3/c1-9(8-11-4-6-12(16)7-5-11)19(3)15(21)13-14(20(22)23)10(2)17-18-13/h4-7,9H,8H2,1-3H3,(H,17,18)/t9-/m1/s1. The van der Waals surface area contributed by atoms with Gasteiger partial charge in [0.05, 0.1) is 4.92 Å². The van der Waals surface area contributed by atoms with Crippen LogP contribution in [0.15, 0.2) is 24.3 Å². The summed E-state index contributed by atoms with van der Waals surface area (Å²) in [5.74, 6) is -0.484. The van der Waals surface area contributed by atoms with E-state index in [1.165, 1.54) is 11.8 Å². The summed E-state index contributed by atoms with van der Waals surface area (Å²) in [5.41, 5.74) is 0.838. The highest BCUT2D eigenvalue weighted by molar-refractivity contribution is 6.30. The quantitative estimate of drug-likeness (QED) is 0.671. The van der Waals surface area contributed by atoms with Crippen LogP contribution in [0.25, 0.3) is 0 Å². The van der Waals surface area contributed by atoms with E-state index in [0.29, 0.717) is 11.4 Å². The number of nitrogens with one attached hydrogen (secondary N) is 1. The minimum absolute atomic E-state index is 0.153. The van der Waals surface area contributed by atoms with E-state index >= 15 is 0 Å². The summed E-state index contributed by atoms with van der Waals surface area (Å²) in [6, 6.07) is 7.19. The molecule has 1 atom stereocenters. The second-order valence-corrected chi connectivity index (χ2v) is 5.84. The van der Waals surface area contributed by atoms with Gasteiger partial charge in [0.15, 0.2) is 0 Å². The number of aromatic amines is 1. The summed E-state index contributed by atoms with van der Waals surface area (Å²) in [6.07, 6.45) is 0.608. The number of likely N-dealkylation sites (N-methyl/N-ethyl adjacent to an activating group) is 1. The third kappa shape index (κ3) is 3.68. The van der Waals surface area contributed by atoms with E-state index in [9.17, 15) is 14.9 Å². The first kappa shape index (κ1) is 17.0. The van der Waals surface area contributed by atoms with Gasteiger partial charge in [0.25, 0.3) is 5.91 Å². The van der Waals surface area contributed by atoms with Crippen molar-refractivity contribution in [3.8, 4) is 0 Å². The Bertz CT molecular complexity index is 727. The third-order valence-electron chi connectivity index (χ3n) is 3.73. The topological polar surface area (TPSA) is 92.1 Å². The smallest absolute Gasteiger partial charge is 0.322 e. The van der Waals surface area contributed by atoms with Crippen LogP contribution < -0.4 is 0 Å². The summed E-state index contributed by atoms with van der Waals surface area (Å²) in [5, 5.41) is 18.0. The number of benzene rings is 1. The Labute approximate surface area is 138 Å². The van der Waals surface area contributed by atoms with Crippen molar-refractivity contribution < 1.29 is 9.72 Å². The summed E-state index contributed by atoms with van der Waals surface area (Å²) in [4.78, 5) is 24.4. The monoisotopic (exact) mass is 336 g/mol. The molecule has 0 saturated heterocycles. The van der Waals surface area contributed by atoms with Crippen LogP contribution in [0.3, 0.4) is 0 Å². The zero-order valence-corrected chi connectivity index (χ0v) is 13.8. The molecule has 122 valence electrons. The van der Waals surface area contributed by atoms with Crippen LogP contribution in [0.5, 0.6) is 0 Å². The Morgan fingerprint density at radius 1 is 1.43 bits per heavy atom. The number of hydrogen-bond donors (Lipinski definition) is 1. The molecule has 2 aromatic rings. The number of carbonyl (C=O) groups excluding carboxylic acids is 1. The number of amides is 1. The number of carbonyl (C=O) groups is 1. The lowest BCUT2D eigenvalue weighted by Crippen LogP contribution is -2.37. The van der Waals surface area contributed by atoms with Crippen LogP contribution in [0.2, 0.25) is 5.02 Å². The lowest BCUT2D eigenvalue weighted by molar-refractivity contribution is -0.385. The molecule has 0 aliphatic rings. The van der Waals surface area contributed by atoms with Gasteiger partial charge in [0, 0.05) is 18.1 Å². The molecule has 0 radical (unpaired) electrons. The molecule has 8 heteroatoms. The number of nitro groups is 1. The highest BCUT2D eigenvalue weighted by atomic mass is 35.5. The van der Waals surface area contributed by atoms with Gasteiger partial charge in [-0.1, -0.05) is 23.7 Å². The fraction of sp³-hybridized carbons (Fsp3) is 0.333. The maximum absolute atomic E-state index is 12.5. The predicted octanol–water partition coefficient (Wildman–Crippen LogP) is 2.98. The molecule has 0 bridgehead atoms. The van der Waals surface area contributed by atoms with Gasteiger partial charge in [0.2, 0.25) is 5.69 Å². The molecule has 0 aliphatic heterocycles. The Balaban J connectivity index is 2.16. The maximum atomic E-state index is 12.5. The van der Waals surface area contributed by atoms with Crippen molar-refractivity contribution in [2.24, 2.45) is 0 Å². The SMILES string of the molecule is Cc1[nH]nc(C(=O)N(C)[C@H](C)Cc2ccc(Cl)cc2)c1[N+](=O)[O-]. The average molecular weight is 337 g/mol. The molecule has 0 fully saturated rings. The molecule has 2 rings (SSSR count). The first-order chi connectivity index (χ1) is 10.8. The summed E-state index contributed by atoms with van der Waals surface area (Å²) >= 11 is 5.85. The van der Waals surface area contributed by atoms with Crippen molar-refractivity contribution >= 4 is 23.2 Å². The zero-order valence-electron chi connectivity index (χ0n) is 13.0. The molecule has 23 heavy (non-hydrogen) atoms. The number of nitrogens with zero attached hydrogens (tertiary/aromatic N) is 3. The fourth-order valence-corrected chi connectivity index (χ4v) is 2.39. The maximum Gasteiger partial charge on any atom is 0.322 e. The fourth-order valence-electron chi connectivity index (χ4n) is 2.26. The number of rotatable bonds is 5. The van der Waals surface area contributed by atoms with Gasteiger partial charge in [-0.05, 0) is 38.0 Å². The molecule has 1 aromatic carbocycles. The van der Waals surface area contributed by atoms with Crippen LogP contribution in [-0.2, 0) is 6.42 Å². The molecule has 1 aromatic heterocycles. The molecule has 1 amide bonds. The summed E-state index contributed by atoms with van der Waals surface area (Å²) in [6.45, 7) is 3.39. The van der Waals surface area contributed by atoms with Gasteiger partial charge in [-0.2, -0.15) is 5.10 Å². The van der Waals surface area contributed by atoms with Gasteiger partial charge in [-0.25, -0.2) is 0 Å². The largest absolute Gasteiger partial charge is 0.337 e. The molecule has 0 saturated carbocycles. The van der Waals surface area contributed by atoms with Crippen LogP contribution in [0.4, 0.5) is 5.69 Å². The Kier molecular flexibility index (Phi) is 5.00. The normalized spacial score (nSPS) is 12.0. The van der Waals surface area contributed by atoms with Crippen molar-refractivity contribution in [2.75, 3.05) is 7.05 Å². The average Bonchev–Trinajstić information content (AvgIpc) is 2.89. The van der Waals surface area contributed by atoms with E-state index < -0.39 is 10.8 Å². The van der Waals surface area contributed by atoms with E-state index in [2.05, 4.69) is 10.2 Å². The molecule has 0 aliphatic carbocycles. The zero-order chi connectivity index (χ0) is 17.1. The van der Waals surface area contributed by atoms with Crippen molar-refractivity contribution in [1.82, 2.24) is 15.1 Å². The predicted molar refractivity (Wildman–Crippen MR) is 86.7 cm³/mol. The van der Waals surface area contributed by atoms with Crippen molar-refractivity contribution in [2.45, 2.75) is 26.3 Å². The van der Waals surface area contributed by atoms with Gasteiger partial charge in [-0.3, -0.25) is 20.0 Å². The second-order valence-electron chi connectivity index (χ2n) is 5.40. The van der Waals surface area contributed by atoms with E-state index in [-0.39, 0.29) is 23.1 Å². The van der Waals surface area contributed by atoms with Crippen molar-refractivity contribution in [3.05, 3.63) is 56.4 Å². The van der Waals surface area contributed by atoms with Gasteiger partial charge in [0.1, 0.15) is 5.69 Å². The summed E-state index contributed by atoms with van der Waals surface area (Å²) < 4.78 is 0. The Morgan fingerprint density at radius 2 is 2.04 bits per heavy atom. The minimum atomic E-state index is -0.593. The van der Waals surface area contributed by atoms with Gasteiger partial charge in [-0.15, -0.1) is 0 Å². The molecule has 1 heterocycles. The van der Waals surface area contributed by atoms with Crippen molar-refractivity contribution in [1.29, 1.82) is 0 Å². The van der Waals surface area contributed by atoms with E-state index in [1.807, 2.05) is 19.1 Å². The lowest BCUT2D eigenvalue weighted by atomic mass is 10.1. The van der Waals surface area contributed by atoms with E-state index in [0.717, 1.165) is 5.56 Å². The van der Waals surface area contributed by atoms with Gasteiger partial charge < -0.3 is 4.90 Å². The van der Waals surface area contributed by atoms with Crippen molar-refractivity contribution in [3.63, 3.8) is 0 Å². The minimum Gasteiger partial charge on any atom is -0.337 e. The second kappa shape index (κ2) is 6.78. The van der Waals surface area contributed by atoms with Crippen LogP contribution >= 0.6 is 11.6 Å². The highest BCUT2D eigenvalue weighted by Crippen LogP contribution is 2.22. The molecular weight excluding hydrogens is 320 g/mol.